The van der Waals surface area contributed by atoms with Crippen LogP contribution in [0.5, 0.6) is 0 Å². The van der Waals surface area contributed by atoms with Crippen molar-refractivity contribution >= 4 is 65.2 Å². The summed E-state index contributed by atoms with van der Waals surface area (Å²) in [5, 5.41) is 9.10. The summed E-state index contributed by atoms with van der Waals surface area (Å²) in [4.78, 5) is 31.1. The van der Waals surface area contributed by atoms with E-state index in [0.29, 0.717) is 35.1 Å². The molecule has 4 heterocycles. The number of benzene rings is 10. The molecule has 8 heteroatoms. The molecule has 326 valence electrons. The van der Waals surface area contributed by atoms with Crippen LogP contribution < -0.4 is 0 Å². The molecule has 0 spiro atoms. The topological polar surface area (TPSA) is 87.2 Å². The molecular formula is C62H38N8. The lowest BCUT2D eigenvalue weighted by atomic mass is 9.98. The zero-order chi connectivity index (χ0) is 46.1. The molecule has 0 fully saturated rings. The zero-order valence-electron chi connectivity index (χ0n) is 37.5. The Labute approximate surface area is 401 Å². The molecule has 70 heavy (non-hydrogen) atoms. The lowest BCUT2D eigenvalue weighted by molar-refractivity contribution is 0.953. The minimum Gasteiger partial charge on any atom is -0.307 e. The van der Waals surface area contributed by atoms with Crippen LogP contribution in [0.2, 0.25) is 0 Å². The van der Waals surface area contributed by atoms with Crippen molar-refractivity contribution in [3.8, 4) is 68.6 Å². The fourth-order valence-corrected chi connectivity index (χ4v) is 10.2. The maximum absolute atomic E-state index is 5.28. The predicted octanol–water partition coefficient (Wildman–Crippen LogP) is 14.9. The number of fused-ring (bicyclic) bond motifs is 10. The van der Waals surface area contributed by atoms with Crippen LogP contribution in [0, 0.1) is 0 Å². The fraction of sp³-hybridized carbons (Fsp3) is 0. The minimum absolute atomic E-state index is 0.540. The highest BCUT2D eigenvalue weighted by atomic mass is 15.2. The normalized spacial score (nSPS) is 11.7. The highest BCUT2D eigenvalue weighted by Gasteiger charge is 2.24. The first kappa shape index (κ1) is 39.5. The molecule has 0 atom stereocenters. The Morgan fingerprint density at radius 3 is 1.26 bits per heavy atom. The molecule has 0 amide bonds. The van der Waals surface area contributed by atoms with Crippen molar-refractivity contribution in [1.29, 1.82) is 0 Å². The zero-order valence-corrected chi connectivity index (χ0v) is 37.5. The number of nitrogens with zero attached hydrogens (tertiary/aromatic N) is 8. The van der Waals surface area contributed by atoms with Crippen molar-refractivity contribution < 1.29 is 0 Å². The molecule has 0 aliphatic rings. The maximum Gasteiger partial charge on any atom is 0.238 e. The maximum atomic E-state index is 5.28. The van der Waals surface area contributed by atoms with E-state index >= 15 is 0 Å². The summed E-state index contributed by atoms with van der Waals surface area (Å²) in [7, 11) is 0. The van der Waals surface area contributed by atoms with Crippen molar-refractivity contribution in [2.24, 2.45) is 0 Å². The Kier molecular flexibility index (Phi) is 9.03. The Balaban J connectivity index is 0.985. The van der Waals surface area contributed by atoms with E-state index in [2.05, 4.69) is 149 Å². The van der Waals surface area contributed by atoms with Gasteiger partial charge in [-0.2, -0.15) is 9.97 Å². The Morgan fingerprint density at radius 1 is 0.243 bits per heavy atom. The quantitative estimate of drug-likeness (QED) is 0.148. The van der Waals surface area contributed by atoms with Gasteiger partial charge >= 0.3 is 0 Å². The van der Waals surface area contributed by atoms with Crippen LogP contribution in [0.3, 0.4) is 0 Å². The molecule has 0 aliphatic carbocycles. The van der Waals surface area contributed by atoms with E-state index in [-0.39, 0.29) is 0 Å². The second-order valence-corrected chi connectivity index (χ2v) is 17.5. The van der Waals surface area contributed by atoms with Crippen LogP contribution in [-0.4, -0.2) is 39.0 Å². The van der Waals surface area contributed by atoms with Crippen molar-refractivity contribution in [3.63, 3.8) is 0 Å². The minimum atomic E-state index is 0.540. The van der Waals surface area contributed by atoms with Gasteiger partial charge in [0.2, 0.25) is 5.95 Å². The van der Waals surface area contributed by atoms with Crippen LogP contribution >= 0.6 is 0 Å². The van der Waals surface area contributed by atoms with E-state index in [4.69, 9.17) is 29.9 Å². The second kappa shape index (κ2) is 16.0. The van der Waals surface area contributed by atoms with Gasteiger partial charge in [0.1, 0.15) is 0 Å². The molecule has 0 N–H and O–H groups in total. The molecule has 0 radical (unpaired) electrons. The highest BCUT2D eigenvalue weighted by Crippen LogP contribution is 2.42. The molecule has 10 aromatic carbocycles. The predicted molar refractivity (Wildman–Crippen MR) is 284 cm³/mol. The average Bonchev–Trinajstić information content (AvgIpc) is 3.97. The van der Waals surface area contributed by atoms with E-state index in [1.54, 1.807) is 0 Å². The lowest BCUT2D eigenvalue weighted by Gasteiger charge is -2.14. The number of hydrogen-bond acceptors (Lipinski definition) is 6. The van der Waals surface area contributed by atoms with E-state index in [9.17, 15) is 0 Å². The molecule has 0 aliphatic heterocycles. The number of para-hydroxylation sites is 2. The number of aromatic nitrogens is 8. The summed E-state index contributed by atoms with van der Waals surface area (Å²) in [6.45, 7) is 0. The summed E-state index contributed by atoms with van der Waals surface area (Å²) < 4.78 is 4.60. The molecule has 0 unspecified atom stereocenters. The van der Waals surface area contributed by atoms with Gasteiger partial charge in [-0.15, -0.1) is 0 Å². The van der Waals surface area contributed by atoms with Crippen LogP contribution in [0.4, 0.5) is 0 Å². The van der Waals surface area contributed by atoms with E-state index in [1.165, 1.54) is 10.8 Å². The van der Waals surface area contributed by atoms with Crippen LogP contribution in [-0.2, 0) is 0 Å². The van der Waals surface area contributed by atoms with Crippen molar-refractivity contribution in [2.45, 2.75) is 0 Å². The summed E-state index contributed by atoms with van der Waals surface area (Å²) >= 11 is 0. The average molecular weight is 895 g/mol. The molecule has 14 rings (SSSR count). The molecule has 4 aromatic heterocycles. The van der Waals surface area contributed by atoms with E-state index < -0.39 is 0 Å². The first-order valence-corrected chi connectivity index (χ1v) is 23.4. The molecule has 8 nitrogen and oxygen atoms in total. The lowest BCUT2D eigenvalue weighted by Crippen LogP contribution is -2.07. The first-order valence-electron chi connectivity index (χ1n) is 23.4. The smallest absolute Gasteiger partial charge is 0.238 e. The van der Waals surface area contributed by atoms with Gasteiger partial charge in [-0.3, -0.25) is 4.57 Å². The molecule has 0 saturated carbocycles. The van der Waals surface area contributed by atoms with Crippen LogP contribution in [0.1, 0.15) is 0 Å². The standard InChI is InChI=1S/C62H38N8/c1-4-18-40(19-5-1)57-63-58(66-61(65-57)52-28-16-27-46-45-24-11-10-17-39(45)33-36-47(46)52)43-31-34-44(35-32-43)69-53-29-14-12-25-48(53)50-37-38-51-49-26-13-15-30-54(49)70(56(51)55(50)69)62-67-59(41-20-6-2-7-21-41)64-60(68-62)42-22-8-3-9-23-42/h1-38H. The number of rotatable bonds is 7. The highest BCUT2D eigenvalue weighted by molar-refractivity contribution is 6.23. The monoisotopic (exact) mass is 894 g/mol. The third kappa shape index (κ3) is 6.38. The van der Waals surface area contributed by atoms with Gasteiger partial charge in [-0.25, -0.2) is 19.9 Å². The van der Waals surface area contributed by atoms with Crippen molar-refractivity contribution in [3.05, 3.63) is 231 Å². The van der Waals surface area contributed by atoms with E-state index in [1.807, 2.05) is 91.0 Å². The second-order valence-electron chi connectivity index (χ2n) is 17.5. The van der Waals surface area contributed by atoms with Gasteiger partial charge in [-0.05, 0) is 57.9 Å². The third-order valence-electron chi connectivity index (χ3n) is 13.4. The van der Waals surface area contributed by atoms with Gasteiger partial charge < -0.3 is 4.57 Å². The van der Waals surface area contributed by atoms with Crippen LogP contribution in [0.25, 0.3) is 134 Å². The Hall–Kier alpha value is -9.66. The fourth-order valence-electron chi connectivity index (χ4n) is 10.2. The molecule has 0 saturated heterocycles. The summed E-state index contributed by atoms with van der Waals surface area (Å²) in [5.74, 6) is 3.57. The Bertz CT molecular complexity index is 4280. The largest absolute Gasteiger partial charge is 0.307 e. The number of hydrogen-bond donors (Lipinski definition) is 0. The molecule has 0 bridgehead atoms. The molecule has 14 aromatic rings. The summed E-state index contributed by atoms with van der Waals surface area (Å²) in [6, 6.07) is 79.9. The SMILES string of the molecule is c1ccc(-c2nc(-c3ccc(-n4c5ccccc5c5ccc6c7ccccc7n(-c7nc(-c8ccccc8)nc(-c8ccccc8)n7)c6c54)cc3)nc(-c3cccc4c3ccc3ccccc34)n2)cc1. The van der Waals surface area contributed by atoms with Crippen molar-refractivity contribution in [2.75, 3.05) is 0 Å². The first-order chi connectivity index (χ1) is 34.7. The summed E-state index contributed by atoms with van der Waals surface area (Å²) in [6.07, 6.45) is 0. The summed E-state index contributed by atoms with van der Waals surface area (Å²) in [5.41, 5.74) is 9.69. The molecular weight excluding hydrogens is 857 g/mol. The van der Waals surface area contributed by atoms with Gasteiger partial charge in [0.05, 0.1) is 22.1 Å². The van der Waals surface area contributed by atoms with Gasteiger partial charge in [0.25, 0.3) is 0 Å². The van der Waals surface area contributed by atoms with Gasteiger partial charge in [0, 0.05) is 55.0 Å². The Morgan fingerprint density at radius 2 is 0.671 bits per heavy atom. The van der Waals surface area contributed by atoms with Crippen molar-refractivity contribution in [1.82, 2.24) is 39.0 Å². The third-order valence-corrected chi connectivity index (χ3v) is 13.4. The van der Waals surface area contributed by atoms with E-state index in [0.717, 1.165) is 87.9 Å². The van der Waals surface area contributed by atoms with Crippen LogP contribution in [0.15, 0.2) is 231 Å². The van der Waals surface area contributed by atoms with Gasteiger partial charge in [0.15, 0.2) is 29.1 Å². The van der Waals surface area contributed by atoms with Gasteiger partial charge in [-0.1, -0.05) is 194 Å².